The van der Waals surface area contributed by atoms with E-state index in [0.717, 1.165) is 22.5 Å². The summed E-state index contributed by atoms with van der Waals surface area (Å²) >= 11 is 0. The number of amides is 2. The molecule has 37 heavy (non-hydrogen) atoms. The van der Waals surface area contributed by atoms with Crippen molar-refractivity contribution in [3.8, 4) is 5.75 Å². The number of carbonyl (C=O) groups is 2. The minimum absolute atomic E-state index is 0.141. The SMILES string of the molecule is O=C(N[C@@H]1CCN(C(=O)c2ccc3[nH]ncc3c2)C[C@@H]1c1ccccc1)c1ccccc1OC(F)(F)F. The number of aromatic amines is 1. The number of alkyl halides is 3. The number of piperidine rings is 1. The van der Waals surface area contributed by atoms with Crippen molar-refractivity contribution in [3.05, 3.63) is 95.7 Å². The Morgan fingerprint density at radius 3 is 2.57 bits per heavy atom. The molecule has 0 radical (unpaired) electrons. The minimum atomic E-state index is -4.92. The Kier molecular flexibility index (Phi) is 6.56. The topological polar surface area (TPSA) is 87.3 Å². The standard InChI is InChI=1S/C27H23F3N4O3/c28-27(29,30)37-24-9-5-4-8-20(24)25(35)32-23-12-13-34(16-21(23)17-6-2-1-3-7-17)26(36)18-10-11-22-19(14-18)15-31-33-22/h1-11,14-15,21,23H,12-13,16H2,(H,31,33)(H,32,35)/t21-,23-/m1/s1. The van der Waals surface area contributed by atoms with Gasteiger partial charge in [-0.25, -0.2) is 0 Å². The molecule has 0 unspecified atom stereocenters. The molecule has 2 amide bonds. The molecular formula is C27H23F3N4O3. The number of fused-ring (bicyclic) bond motifs is 1. The number of hydrogen-bond acceptors (Lipinski definition) is 4. The number of hydrogen-bond donors (Lipinski definition) is 2. The Morgan fingerprint density at radius 1 is 1.03 bits per heavy atom. The Labute approximate surface area is 210 Å². The molecule has 1 aromatic heterocycles. The van der Waals surface area contributed by atoms with Gasteiger partial charge in [-0.3, -0.25) is 14.7 Å². The number of H-pyrrole nitrogens is 1. The predicted octanol–water partition coefficient (Wildman–Crippen LogP) is 4.89. The number of halogens is 3. The van der Waals surface area contributed by atoms with Crippen LogP contribution in [0.4, 0.5) is 13.2 Å². The lowest BCUT2D eigenvalue weighted by molar-refractivity contribution is -0.274. The second-order valence-corrected chi connectivity index (χ2v) is 8.85. The fourth-order valence-electron chi connectivity index (χ4n) is 4.72. The van der Waals surface area contributed by atoms with Crippen LogP contribution >= 0.6 is 0 Å². The first-order valence-electron chi connectivity index (χ1n) is 11.7. The van der Waals surface area contributed by atoms with Gasteiger partial charge in [-0.05, 0) is 42.3 Å². The first-order valence-corrected chi connectivity index (χ1v) is 11.7. The van der Waals surface area contributed by atoms with E-state index >= 15 is 0 Å². The first-order chi connectivity index (χ1) is 17.8. The van der Waals surface area contributed by atoms with Crippen molar-refractivity contribution in [1.82, 2.24) is 20.4 Å². The zero-order valence-electron chi connectivity index (χ0n) is 19.5. The van der Waals surface area contributed by atoms with E-state index in [4.69, 9.17) is 0 Å². The molecular weight excluding hydrogens is 485 g/mol. The van der Waals surface area contributed by atoms with Crippen LogP contribution in [0, 0.1) is 0 Å². The molecule has 3 aromatic carbocycles. The van der Waals surface area contributed by atoms with Gasteiger partial charge in [-0.15, -0.1) is 13.2 Å². The average Bonchev–Trinajstić information content (AvgIpc) is 3.36. The third kappa shape index (κ3) is 5.42. The maximum atomic E-state index is 13.4. The molecule has 1 aliphatic rings. The van der Waals surface area contributed by atoms with Crippen molar-refractivity contribution in [2.75, 3.05) is 13.1 Å². The van der Waals surface area contributed by atoms with E-state index in [1.54, 1.807) is 29.3 Å². The molecule has 190 valence electrons. The van der Waals surface area contributed by atoms with Crippen molar-refractivity contribution in [2.24, 2.45) is 0 Å². The van der Waals surface area contributed by atoms with Crippen LogP contribution in [0.1, 0.15) is 38.6 Å². The molecule has 1 fully saturated rings. The van der Waals surface area contributed by atoms with Crippen LogP contribution in [-0.4, -0.2) is 52.4 Å². The van der Waals surface area contributed by atoms with Crippen LogP contribution in [0.15, 0.2) is 79.0 Å². The number of rotatable bonds is 5. The highest BCUT2D eigenvalue weighted by Gasteiger charge is 2.36. The number of carbonyl (C=O) groups excluding carboxylic acids is 2. The number of aromatic nitrogens is 2. The van der Waals surface area contributed by atoms with Crippen LogP contribution < -0.4 is 10.1 Å². The third-order valence-corrected chi connectivity index (χ3v) is 6.49. The van der Waals surface area contributed by atoms with Crippen LogP contribution in [-0.2, 0) is 0 Å². The van der Waals surface area contributed by atoms with Gasteiger partial charge in [-0.2, -0.15) is 5.10 Å². The molecule has 1 aliphatic heterocycles. The largest absolute Gasteiger partial charge is 0.573 e. The van der Waals surface area contributed by atoms with Crippen molar-refractivity contribution < 1.29 is 27.5 Å². The zero-order chi connectivity index (χ0) is 26.0. The fraction of sp³-hybridized carbons (Fsp3) is 0.222. The van der Waals surface area contributed by atoms with Crippen LogP contribution in [0.2, 0.25) is 0 Å². The van der Waals surface area contributed by atoms with E-state index in [1.807, 2.05) is 30.3 Å². The molecule has 5 rings (SSSR count). The van der Waals surface area contributed by atoms with Gasteiger partial charge in [0.2, 0.25) is 0 Å². The van der Waals surface area contributed by atoms with Gasteiger partial charge in [-0.1, -0.05) is 42.5 Å². The summed E-state index contributed by atoms with van der Waals surface area (Å²) in [7, 11) is 0. The van der Waals surface area contributed by atoms with Gasteiger partial charge in [0.05, 0.1) is 17.3 Å². The number of para-hydroxylation sites is 1. The van der Waals surface area contributed by atoms with Crippen LogP contribution in [0.3, 0.4) is 0 Å². The van der Waals surface area contributed by atoms with Gasteiger partial charge in [0, 0.05) is 36.0 Å². The average molecular weight is 509 g/mol. The second-order valence-electron chi connectivity index (χ2n) is 8.85. The third-order valence-electron chi connectivity index (χ3n) is 6.49. The molecule has 7 nitrogen and oxygen atoms in total. The van der Waals surface area contributed by atoms with Gasteiger partial charge < -0.3 is 15.0 Å². The monoisotopic (exact) mass is 508 g/mol. The van der Waals surface area contributed by atoms with Crippen molar-refractivity contribution in [1.29, 1.82) is 0 Å². The summed E-state index contributed by atoms with van der Waals surface area (Å²) in [5, 5.41) is 10.6. The van der Waals surface area contributed by atoms with Gasteiger partial charge in [0.1, 0.15) is 5.75 Å². The summed E-state index contributed by atoms with van der Waals surface area (Å²) in [6, 6.07) is 19.6. The lowest BCUT2D eigenvalue weighted by Crippen LogP contribution is -2.51. The fourth-order valence-corrected chi connectivity index (χ4v) is 4.72. The van der Waals surface area contributed by atoms with Gasteiger partial charge in [0.15, 0.2) is 0 Å². The molecule has 2 heterocycles. The van der Waals surface area contributed by atoms with E-state index in [2.05, 4.69) is 20.3 Å². The van der Waals surface area contributed by atoms with Gasteiger partial charge in [0.25, 0.3) is 11.8 Å². The smallest absolute Gasteiger partial charge is 0.405 e. The molecule has 0 saturated carbocycles. The molecule has 0 bridgehead atoms. The minimum Gasteiger partial charge on any atom is -0.405 e. The van der Waals surface area contributed by atoms with E-state index in [9.17, 15) is 22.8 Å². The quantitative estimate of drug-likeness (QED) is 0.402. The number of nitrogens with zero attached hydrogens (tertiary/aromatic N) is 2. The second kappa shape index (κ2) is 9.96. The number of likely N-dealkylation sites (tertiary alicyclic amines) is 1. The van der Waals surface area contributed by atoms with E-state index in [0.29, 0.717) is 25.1 Å². The molecule has 1 saturated heterocycles. The lowest BCUT2D eigenvalue weighted by Gasteiger charge is -2.39. The Morgan fingerprint density at radius 2 is 1.78 bits per heavy atom. The molecule has 2 atom stereocenters. The molecule has 0 aliphatic carbocycles. The van der Waals surface area contributed by atoms with Crippen molar-refractivity contribution in [2.45, 2.75) is 24.7 Å². The van der Waals surface area contributed by atoms with Crippen molar-refractivity contribution in [3.63, 3.8) is 0 Å². The number of ether oxygens (including phenoxy) is 1. The summed E-state index contributed by atoms with van der Waals surface area (Å²) in [5.41, 5.74) is 2.06. The highest BCUT2D eigenvalue weighted by molar-refractivity contribution is 5.98. The highest BCUT2D eigenvalue weighted by atomic mass is 19.4. The Hall–Kier alpha value is -4.34. The lowest BCUT2D eigenvalue weighted by atomic mass is 9.85. The predicted molar refractivity (Wildman–Crippen MR) is 130 cm³/mol. The molecule has 0 spiro atoms. The summed E-state index contributed by atoms with van der Waals surface area (Å²) in [6.45, 7) is 0.704. The maximum Gasteiger partial charge on any atom is 0.573 e. The summed E-state index contributed by atoms with van der Waals surface area (Å²) < 4.78 is 42.6. The summed E-state index contributed by atoms with van der Waals surface area (Å²) in [4.78, 5) is 28.2. The van der Waals surface area contributed by atoms with Crippen LogP contribution in [0.25, 0.3) is 10.9 Å². The van der Waals surface area contributed by atoms with Gasteiger partial charge >= 0.3 is 6.36 Å². The summed E-state index contributed by atoms with van der Waals surface area (Å²) in [6.07, 6.45) is -2.84. The van der Waals surface area contributed by atoms with E-state index < -0.39 is 24.1 Å². The van der Waals surface area contributed by atoms with E-state index in [-0.39, 0.29) is 17.4 Å². The highest BCUT2D eigenvalue weighted by Crippen LogP contribution is 2.31. The van der Waals surface area contributed by atoms with E-state index in [1.165, 1.54) is 18.2 Å². The molecule has 2 N–H and O–H groups in total. The van der Waals surface area contributed by atoms with Crippen LogP contribution in [0.5, 0.6) is 5.75 Å². The maximum absolute atomic E-state index is 13.4. The molecule has 4 aromatic rings. The first kappa shape index (κ1) is 24.4. The normalized spacial score (nSPS) is 18.0. The number of benzene rings is 3. The van der Waals surface area contributed by atoms with Crippen molar-refractivity contribution >= 4 is 22.7 Å². The summed E-state index contributed by atoms with van der Waals surface area (Å²) in [5.74, 6) is -1.64. The Balaban J connectivity index is 1.37. The number of nitrogens with one attached hydrogen (secondary N) is 2. The Bertz CT molecular complexity index is 1420. The zero-order valence-corrected chi connectivity index (χ0v) is 19.5. The molecule has 10 heteroatoms.